The highest BCUT2D eigenvalue weighted by Gasteiger charge is 2.44. The largest absolute Gasteiger partial charge is 0.393 e. The number of hydrogen-bond acceptors (Lipinski definition) is 4. The number of carbonyl (C=O) groups excluding carboxylic acids is 2. The molecule has 3 aromatic rings. The molecule has 176 valence electrons. The number of halogens is 1. The Morgan fingerprint density at radius 1 is 1.12 bits per heavy atom. The maximum atomic E-state index is 13.9. The van der Waals surface area contributed by atoms with Crippen molar-refractivity contribution in [1.82, 2.24) is 20.0 Å². The molecule has 2 saturated heterocycles. The Hall–Kier alpha value is -2.71. The number of carbonyl (C=O) groups is 2. The number of nitrogens with zero attached hydrogens (tertiary/aromatic N) is 3. The first-order valence-corrected chi connectivity index (χ1v) is 12.8. The molecule has 0 radical (unpaired) electrons. The van der Waals surface area contributed by atoms with E-state index in [-0.39, 0.29) is 36.0 Å². The zero-order valence-corrected chi connectivity index (χ0v) is 20.4. The van der Waals surface area contributed by atoms with Gasteiger partial charge in [-0.1, -0.05) is 24.3 Å². The highest BCUT2D eigenvalue weighted by molar-refractivity contribution is 9.10. The normalized spacial score (nSPS) is 26.1. The van der Waals surface area contributed by atoms with E-state index >= 15 is 0 Å². The van der Waals surface area contributed by atoms with E-state index in [1.165, 1.54) is 5.56 Å². The molecule has 2 aromatic carbocycles. The zero-order chi connectivity index (χ0) is 23.4. The van der Waals surface area contributed by atoms with Gasteiger partial charge in [-0.2, -0.15) is 5.10 Å². The third-order valence-corrected chi connectivity index (χ3v) is 8.44. The van der Waals surface area contributed by atoms with Gasteiger partial charge in [0.1, 0.15) is 0 Å². The molecule has 0 spiro atoms. The summed E-state index contributed by atoms with van der Waals surface area (Å²) in [6.45, 7) is 0.481. The number of nitrogens with one attached hydrogen (secondary N) is 1. The Balaban J connectivity index is 1.31. The number of aromatic nitrogens is 2. The minimum atomic E-state index is -0.309. The van der Waals surface area contributed by atoms with Crippen molar-refractivity contribution in [2.24, 2.45) is 0 Å². The fourth-order valence-electron chi connectivity index (χ4n) is 6.15. The van der Waals surface area contributed by atoms with E-state index in [1.807, 2.05) is 34.1 Å². The summed E-state index contributed by atoms with van der Waals surface area (Å²) in [6, 6.07) is 12.0. The molecular weight excluding hydrogens is 496 g/mol. The first kappa shape index (κ1) is 21.8. The maximum Gasteiger partial charge on any atom is 0.255 e. The van der Waals surface area contributed by atoms with Crippen LogP contribution in [0, 0.1) is 0 Å². The lowest BCUT2D eigenvalue weighted by Crippen LogP contribution is -2.51. The first-order valence-electron chi connectivity index (χ1n) is 12.0. The van der Waals surface area contributed by atoms with E-state index in [1.54, 1.807) is 6.20 Å². The lowest BCUT2D eigenvalue weighted by atomic mass is 9.90. The van der Waals surface area contributed by atoms with E-state index in [4.69, 9.17) is 0 Å². The van der Waals surface area contributed by atoms with E-state index in [9.17, 15) is 14.7 Å². The Kier molecular flexibility index (Phi) is 5.45. The standard InChI is InChI=1S/C26H27BrN4O3/c27-23-12-24-17(13-28-29-24)8-22(23)26(34)30-14-16-4-2-1-3-15(16)7-20(30)11-25(33)31-18-5-6-19(31)10-21(32)9-18/h1-4,8,12-13,18-21,32H,5-7,9-11,14H2,(H,28,29)/t18-,19-,20+/m0/s1. The Bertz CT molecular complexity index is 1260. The van der Waals surface area contributed by atoms with Crippen LogP contribution < -0.4 is 0 Å². The molecule has 34 heavy (non-hydrogen) atoms. The van der Waals surface area contributed by atoms with Crippen molar-refractivity contribution >= 4 is 38.6 Å². The number of aliphatic hydroxyl groups is 1. The third-order valence-electron chi connectivity index (χ3n) is 7.78. The molecule has 2 amide bonds. The van der Waals surface area contributed by atoms with Crippen LogP contribution in [-0.4, -0.2) is 61.1 Å². The van der Waals surface area contributed by atoms with Gasteiger partial charge in [-0.25, -0.2) is 0 Å². The van der Waals surface area contributed by atoms with Crippen LogP contribution in [0.3, 0.4) is 0 Å². The number of fused-ring (bicyclic) bond motifs is 4. The van der Waals surface area contributed by atoms with Crippen molar-refractivity contribution in [3.8, 4) is 0 Å². The fourth-order valence-corrected chi connectivity index (χ4v) is 6.67. The average Bonchev–Trinajstić information content (AvgIpc) is 3.39. The second-order valence-electron chi connectivity index (χ2n) is 9.86. The van der Waals surface area contributed by atoms with Gasteiger partial charge in [0.25, 0.3) is 5.91 Å². The van der Waals surface area contributed by atoms with Gasteiger partial charge in [0.05, 0.1) is 23.4 Å². The van der Waals surface area contributed by atoms with Crippen molar-refractivity contribution in [2.75, 3.05) is 0 Å². The van der Waals surface area contributed by atoms with Gasteiger partial charge < -0.3 is 14.9 Å². The smallest absolute Gasteiger partial charge is 0.255 e. The van der Waals surface area contributed by atoms with Crippen LogP contribution in [0.1, 0.15) is 53.6 Å². The van der Waals surface area contributed by atoms with Gasteiger partial charge in [0.2, 0.25) is 5.91 Å². The molecule has 2 bridgehead atoms. The van der Waals surface area contributed by atoms with Gasteiger partial charge in [-0.05, 0) is 71.3 Å². The summed E-state index contributed by atoms with van der Waals surface area (Å²) in [5, 5.41) is 18.0. The summed E-state index contributed by atoms with van der Waals surface area (Å²) in [5.74, 6) is 0.0187. The molecule has 7 nitrogen and oxygen atoms in total. The van der Waals surface area contributed by atoms with E-state index in [0.29, 0.717) is 42.3 Å². The maximum absolute atomic E-state index is 13.9. The van der Waals surface area contributed by atoms with Gasteiger partial charge in [0.15, 0.2) is 0 Å². The zero-order valence-electron chi connectivity index (χ0n) is 18.8. The van der Waals surface area contributed by atoms with Crippen LogP contribution in [0.5, 0.6) is 0 Å². The number of rotatable bonds is 3. The number of benzene rings is 2. The highest BCUT2D eigenvalue weighted by Crippen LogP contribution is 2.37. The summed E-state index contributed by atoms with van der Waals surface area (Å²) in [6.07, 6.45) is 5.61. The number of amides is 2. The van der Waals surface area contributed by atoms with E-state index in [2.05, 4.69) is 38.3 Å². The van der Waals surface area contributed by atoms with Gasteiger partial charge in [0, 0.05) is 41.0 Å². The Morgan fingerprint density at radius 2 is 1.85 bits per heavy atom. The molecule has 8 heteroatoms. The molecule has 6 rings (SSSR count). The summed E-state index contributed by atoms with van der Waals surface area (Å²) < 4.78 is 0.709. The quantitative estimate of drug-likeness (QED) is 0.547. The van der Waals surface area contributed by atoms with Gasteiger partial charge >= 0.3 is 0 Å². The van der Waals surface area contributed by atoms with Crippen molar-refractivity contribution in [1.29, 1.82) is 0 Å². The summed E-state index contributed by atoms with van der Waals surface area (Å²) in [4.78, 5) is 31.3. The molecule has 2 fully saturated rings. The second kappa shape index (κ2) is 8.50. The highest BCUT2D eigenvalue weighted by atomic mass is 79.9. The SMILES string of the molecule is O=C(c1cc2cn[nH]c2cc1Br)N1Cc2ccccc2C[C@@H]1CC(=O)N1[C@H]2CC[C@H]1CC(O)C2. The topological polar surface area (TPSA) is 89.5 Å². The predicted molar refractivity (Wildman–Crippen MR) is 131 cm³/mol. The summed E-state index contributed by atoms with van der Waals surface area (Å²) in [5.41, 5.74) is 3.76. The minimum absolute atomic E-state index is 0.0840. The molecule has 3 aliphatic heterocycles. The molecule has 4 heterocycles. The van der Waals surface area contributed by atoms with Crippen LogP contribution in [-0.2, 0) is 17.8 Å². The van der Waals surface area contributed by atoms with Crippen LogP contribution in [0.4, 0.5) is 0 Å². The number of piperidine rings is 1. The third kappa shape index (κ3) is 3.73. The summed E-state index contributed by atoms with van der Waals surface area (Å²) in [7, 11) is 0. The fraction of sp³-hybridized carbons (Fsp3) is 0.423. The van der Waals surface area contributed by atoms with Crippen molar-refractivity contribution in [3.63, 3.8) is 0 Å². The molecule has 0 aliphatic carbocycles. The van der Waals surface area contributed by atoms with Crippen molar-refractivity contribution in [2.45, 2.75) is 69.3 Å². The van der Waals surface area contributed by atoms with Crippen LogP contribution in [0.15, 0.2) is 47.1 Å². The minimum Gasteiger partial charge on any atom is -0.393 e. The van der Waals surface area contributed by atoms with Gasteiger partial charge in [-0.15, -0.1) is 0 Å². The lowest BCUT2D eigenvalue weighted by Gasteiger charge is -2.41. The second-order valence-corrected chi connectivity index (χ2v) is 10.7. The van der Waals surface area contributed by atoms with Crippen molar-refractivity contribution in [3.05, 3.63) is 63.8 Å². The van der Waals surface area contributed by atoms with Gasteiger partial charge in [-0.3, -0.25) is 14.7 Å². The van der Waals surface area contributed by atoms with Crippen LogP contribution in [0.25, 0.3) is 10.9 Å². The molecule has 2 N–H and O–H groups in total. The number of H-pyrrole nitrogens is 1. The first-order chi connectivity index (χ1) is 16.5. The molecule has 3 atom stereocenters. The molecule has 0 unspecified atom stereocenters. The van der Waals surface area contributed by atoms with E-state index < -0.39 is 0 Å². The van der Waals surface area contributed by atoms with Crippen LogP contribution >= 0.6 is 15.9 Å². The summed E-state index contributed by atoms with van der Waals surface area (Å²) >= 11 is 3.57. The average molecular weight is 523 g/mol. The number of aliphatic hydroxyl groups excluding tert-OH is 1. The van der Waals surface area contributed by atoms with Crippen LogP contribution in [0.2, 0.25) is 0 Å². The molecule has 1 aromatic heterocycles. The molecular formula is C26H27BrN4O3. The Labute approximate surface area is 206 Å². The van der Waals surface area contributed by atoms with Crippen molar-refractivity contribution < 1.29 is 14.7 Å². The predicted octanol–water partition coefficient (Wildman–Crippen LogP) is 3.80. The van der Waals surface area contributed by atoms with E-state index in [0.717, 1.165) is 29.3 Å². The lowest BCUT2D eigenvalue weighted by molar-refractivity contribution is -0.138. The monoisotopic (exact) mass is 522 g/mol. The number of hydrogen-bond donors (Lipinski definition) is 2. The molecule has 3 aliphatic rings. The number of aromatic amines is 1. The Morgan fingerprint density at radius 3 is 2.62 bits per heavy atom. The molecule has 0 saturated carbocycles.